The van der Waals surface area contributed by atoms with Gasteiger partial charge in [-0.2, -0.15) is 4.31 Å². The summed E-state index contributed by atoms with van der Waals surface area (Å²) in [6.07, 6.45) is 0.241. The number of nitrogens with zero attached hydrogens (tertiary/aromatic N) is 2. The van der Waals surface area contributed by atoms with Crippen molar-refractivity contribution in [2.24, 2.45) is 0 Å². The van der Waals surface area contributed by atoms with Crippen LogP contribution in [0.2, 0.25) is 0 Å². The van der Waals surface area contributed by atoms with Crippen LogP contribution in [0.4, 0.5) is 8.78 Å². The van der Waals surface area contributed by atoms with Gasteiger partial charge in [-0.1, -0.05) is 66.7 Å². The molecule has 0 aromatic heterocycles. The number of hydrogen-bond donors (Lipinski definition) is 1. The smallest absolute Gasteiger partial charge is 0.249 e. The number of piperazine rings is 1. The molecule has 0 spiro atoms. The number of hydrogen-bond acceptors (Lipinski definition) is 4. The molecule has 1 heterocycles. The minimum absolute atomic E-state index is 0.0916. The molecule has 1 aliphatic rings. The van der Waals surface area contributed by atoms with Crippen molar-refractivity contribution in [2.45, 2.75) is 17.4 Å². The molecule has 0 bridgehead atoms. The highest BCUT2D eigenvalue weighted by atomic mass is 32.2. The zero-order valence-electron chi connectivity index (χ0n) is 19.1. The van der Waals surface area contributed by atoms with Gasteiger partial charge in [0.05, 0.1) is 6.04 Å². The predicted octanol–water partition coefficient (Wildman–Crippen LogP) is 3.57. The summed E-state index contributed by atoms with van der Waals surface area (Å²) < 4.78 is 54.7. The Hall–Kier alpha value is -3.14. The Morgan fingerprint density at radius 3 is 1.83 bits per heavy atom. The van der Waals surface area contributed by atoms with E-state index in [0.29, 0.717) is 19.6 Å². The predicted molar refractivity (Wildman–Crippen MR) is 129 cm³/mol. The van der Waals surface area contributed by atoms with Crippen molar-refractivity contribution < 1.29 is 22.0 Å². The van der Waals surface area contributed by atoms with Gasteiger partial charge in [-0.25, -0.2) is 17.2 Å². The molecule has 1 aliphatic heterocycles. The molecule has 1 fully saturated rings. The van der Waals surface area contributed by atoms with Crippen LogP contribution in [0.1, 0.15) is 23.6 Å². The minimum atomic E-state index is -4.28. The first-order valence-electron chi connectivity index (χ1n) is 11.4. The molecule has 0 radical (unpaired) electrons. The molecule has 1 N–H and O–H groups in total. The lowest BCUT2D eigenvalue weighted by molar-refractivity contribution is -0.122. The standard InChI is InChI=1S/C26H27F2N3O3S/c27-22-12-7-13-23(28)26(22)35(33,34)31-18-16-30(17-19-31)15-14-24(32)29-25(20-8-3-1-4-9-20)21-10-5-2-6-11-21/h1-13,25H,14-19H2,(H,29,32). The van der Waals surface area contributed by atoms with Gasteiger partial charge >= 0.3 is 0 Å². The summed E-state index contributed by atoms with van der Waals surface area (Å²) in [5, 5.41) is 3.10. The van der Waals surface area contributed by atoms with Gasteiger partial charge in [-0.05, 0) is 23.3 Å². The second-order valence-corrected chi connectivity index (χ2v) is 10.2. The highest BCUT2D eigenvalue weighted by Crippen LogP contribution is 2.24. The maximum Gasteiger partial charge on any atom is 0.249 e. The van der Waals surface area contributed by atoms with Crippen LogP contribution in [0.25, 0.3) is 0 Å². The van der Waals surface area contributed by atoms with Crippen molar-refractivity contribution in [2.75, 3.05) is 32.7 Å². The molecule has 0 saturated carbocycles. The first-order chi connectivity index (χ1) is 16.9. The van der Waals surface area contributed by atoms with Crippen LogP contribution in [-0.2, 0) is 14.8 Å². The van der Waals surface area contributed by atoms with Crippen molar-refractivity contribution >= 4 is 15.9 Å². The van der Waals surface area contributed by atoms with E-state index in [9.17, 15) is 22.0 Å². The fourth-order valence-electron chi connectivity index (χ4n) is 4.19. The zero-order chi connectivity index (χ0) is 24.8. The van der Waals surface area contributed by atoms with Gasteiger partial charge in [-0.3, -0.25) is 4.79 Å². The molecular weight excluding hydrogens is 472 g/mol. The third kappa shape index (κ3) is 5.93. The number of halogens is 2. The van der Waals surface area contributed by atoms with E-state index >= 15 is 0 Å². The summed E-state index contributed by atoms with van der Waals surface area (Å²) in [7, 11) is -4.28. The molecular formula is C26H27F2N3O3S. The maximum atomic E-state index is 14.0. The molecule has 3 aromatic carbocycles. The van der Waals surface area contributed by atoms with Crippen LogP contribution in [-0.4, -0.2) is 56.3 Å². The molecule has 0 aliphatic carbocycles. The van der Waals surface area contributed by atoms with E-state index < -0.39 is 26.6 Å². The summed E-state index contributed by atoms with van der Waals surface area (Å²) in [5.41, 5.74) is 1.96. The van der Waals surface area contributed by atoms with E-state index in [-0.39, 0.29) is 31.5 Å². The summed E-state index contributed by atoms with van der Waals surface area (Å²) in [5.74, 6) is -2.32. The van der Waals surface area contributed by atoms with E-state index in [4.69, 9.17) is 0 Å². The van der Waals surface area contributed by atoms with Crippen molar-refractivity contribution in [3.8, 4) is 0 Å². The first-order valence-corrected chi connectivity index (χ1v) is 12.9. The number of sulfonamides is 1. The van der Waals surface area contributed by atoms with Gasteiger partial charge in [0.2, 0.25) is 15.9 Å². The van der Waals surface area contributed by atoms with E-state index in [1.54, 1.807) is 0 Å². The van der Waals surface area contributed by atoms with Gasteiger partial charge in [0.1, 0.15) is 11.6 Å². The molecule has 1 saturated heterocycles. The fourth-order valence-corrected chi connectivity index (χ4v) is 5.73. The van der Waals surface area contributed by atoms with Gasteiger partial charge in [0.25, 0.3) is 0 Å². The van der Waals surface area contributed by atoms with E-state index in [1.165, 1.54) is 0 Å². The molecule has 0 atom stereocenters. The van der Waals surface area contributed by atoms with Crippen LogP contribution in [0.15, 0.2) is 83.8 Å². The average Bonchev–Trinajstić information content (AvgIpc) is 2.87. The Labute approximate surface area is 204 Å². The molecule has 0 unspecified atom stereocenters. The Kier molecular flexibility index (Phi) is 7.90. The first kappa shape index (κ1) is 25.0. The minimum Gasteiger partial charge on any atom is -0.345 e. The Balaban J connectivity index is 1.33. The SMILES string of the molecule is O=C(CCN1CCN(S(=O)(=O)c2c(F)cccc2F)CC1)NC(c1ccccc1)c1ccccc1. The van der Waals surface area contributed by atoms with Crippen LogP contribution >= 0.6 is 0 Å². The van der Waals surface area contributed by atoms with Crippen LogP contribution in [0, 0.1) is 11.6 Å². The van der Waals surface area contributed by atoms with Gasteiger partial charge < -0.3 is 10.2 Å². The number of nitrogens with one attached hydrogen (secondary N) is 1. The van der Waals surface area contributed by atoms with Gasteiger partial charge in [0, 0.05) is 39.1 Å². The monoisotopic (exact) mass is 499 g/mol. The van der Waals surface area contributed by atoms with Gasteiger partial charge in [0.15, 0.2) is 4.90 Å². The normalized spacial score (nSPS) is 15.3. The van der Waals surface area contributed by atoms with Gasteiger partial charge in [-0.15, -0.1) is 0 Å². The molecule has 35 heavy (non-hydrogen) atoms. The summed E-state index contributed by atoms with van der Waals surface area (Å²) in [4.78, 5) is 13.9. The lowest BCUT2D eigenvalue weighted by Crippen LogP contribution is -2.49. The second kappa shape index (κ2) is 11.1. The lowest BCUT2D eigenvalue weighted by atomic mass is 9.98. The third-order valence-electron chi connectivity index (χ3n) is 6.07. The number of carbonyl (C=O) groups is 1. The van der Waals surface area contributed by atoms with Crippen LogP contribution in [0.3, 0.4) is 0 Å². The topological polar surface area (TPSA) is 69.7 Å². The number of benzene rings is 3. The quantitative estimate of drug-likeness (QED) is 0.515. The van der Waals surface area contributed by atoms with E-state index in [1.807, 2.05) is 65.6 Å². The Bertz CT molecular complexity index is 1190. The summed E-state index contributed by atoms with van der Waals surface area (Å²) in [6.45, 7) is 1.36. The molecule has 3 aromatic rings. The van der Waals surface area contributed by atoms with E-state index in [2.05, 4.69) is 5.32 Å². The van der Waals surface area contributed by atoms with Crippen LogP contribution in [0.5, 0.6) is 0 Å². The molecule has 1 amide bonds. The number of amides is 1. The fraction of sp³-hybridized carbons (Fsp3) is 0.269. The number of carbonyl (C=O) groups excluding carboxylic acids is 1. The zero-order valence-corrected chi connectivity index (χ0v) is 19.9. The molecule has 9 heteroatoms. The molecule has 4 rings (SSSR count). The van der Waals surface area contributed by atoms with Crippen molar-refractivity contribution in [3.63, 3.8) is 0 Å². The Morgan fingerprint density at radius 2 is 1.31 bits per heavy atom. The largest absolute Gasteiger partial charge is 0.345 e. The second-order valence-electron chi connectivity index (χ2n) is 8.37. The van der Waals surface area contributed by atoms with Crippen molar-refractivity contribution in [3.05, 3.63) is 102 Å². The number of rotatable bonds is 8. The highest BCUT2D eigenvalue weighted by molar-refractivity contribution is 7.89. The van der Waals surface area contributed by atoms with E-state index in [0.717, 1.165) is 33.6 Å². The summed E-state index contributed by atoms with van der Waals surface area (Å²) >= 11 is 0. The lowest BCUT2D eigenvalue weighted by Gasteiger charge is -2.34. The highest BCUT2D eigenvalue weighted by Gasteiger charge is 2.33. The third-order valence-corrected chi connectivity index (χ3v) is 8.03. The van der Waals surface area contributed by atoms with Crippen LogP contribution < -0.4 is 5.32 Å². The Morgan fingerprint density at radius 1 is 0.800 bits per heavy atom. The van der Waals surface area contributed by atoms with Crippen molar-refractivity contribution in [1.29, 1.82) is 0 Å². The summed E-state index contributed by atoms with van der Waals surface area (Å²) in [6, 6.07) is 22.2. The molecule has 184 valence electrons. The maximum absolute atomic E-state index is 14.0. The van der Waals surface area contributed by atoms with Crippen molar-refractivity contribution in [1.82, 2.24) is 14.5 Å². The average molecular weight is 500 g/mol. The molecule has 6 nitrogen and oxygen atoms in total.